The number of anilines is 3. The number of aromatic carboxylic acids is 1. The van der Waals surface area contributed by atoms with Gasteiger partial charge in [-0.3, -0.25) is 0 Å². The summed E-state index contributed by atoms with van der Waals surface area (Å²) in [6, 6.07) is 16.7. The minimum Gasteiger partial charge on any atom is -0.478 e. The standard InChI is InChI=1S/C20H20N4O2/c1-13-6-8-15(9-7-13)12-21-20-22-14(2)10-18(24-20)23-17-5-3-4-16(11-17)19(25)26/h3-11H,12H2,1-2H3,(H,25,26)(H2,21,22,23,24). The smallest absolute Gasteiger partial charge is 0.335 e. The zero-order chi connectivity index (χ0) is 18.5. The molecule has 0 aliphatic carbocycles. The topological polar surface area (TPSA) is 87.1 Å². The van der Waals surface area contributed by atoms with E-state index in [9.17, 15) is 4.79 Å². The van der Waals surface area contributed by atoms with Crippen LogP contribution in [0, 0.1) is 13.8 Å². The maximum absolute atomic E-state index is 11.1. The van der Waals surface area contributed by atoms with Crippen molar-refractivity contribution in [2.45, 2.75) is 20.4 Å². The zero-order valence-electron chi connectivity index (χ0n) is 14.7. The van der Waals surface area contributed by atoms with Gasteiger partial charge in [-0.25, -0.2) is 9.78 Å². The Bertz CT molecular complexity index is 923. The van der Waals surface area contributed by atoms with Crippen LogP contribution in [0.2, 0.25) is 0 Å². The third-order valence-corrected chi connectivity index (χ3v) is 3.81. The largest absolute Gasteiger partial charge is 0.478 e. The molecule has 0 amide bonds. The van der Waals surface area contributed by atoms with Crippen molar-refractivity contribution in [1.29, 1.82) is 0 Å². The summed E-state index contributed by atoms with van der Waals surface area (Å²) in [5, 5.41) is 15.4. The Labute approximate surface area is 152 Å². The molecule has 0 saturated carbocycles. The van der Waals surface area contributed by atoms with Gasteiger partial charge in [-0.05, 0) is 37.6 Å². The SMILES string of the molecule is Cc1ccc(CNc2nc(C)cc(Nc3cccc(C(=O)O)c3)n2)cc1. The molecule has 0 radical (unpaired) electrons. The Morgan fingerprint density at radius 1 is 1.04 bits per heavy atom. The third kappa shape index (κ3) is 4.57. The summed E-state index contributed by atoms with van der Waals surface area (Å²) in [6.45, 7) is 4.56. The molecule has 6 heteroatoms. The van der Waals surface area contributed by atoms with Crippen LogP contribution in [0.15, 0.2) is 54.6 Å². The normalized spacial score (nSPS) is 10.4. The molecule has 6 nitrogen and oxygen atoms in total. The number of nitrogens with one attached hydrogen (secondary N) is 2. The molecule has 1 heterocycles. The van der Waals surface area contributed by atoms with Crippen molar-refractivity contribution in [1.82, 2.24) is 9.97 Å². The Hall–Kier alpha value is -3.41. The third-order valence-electron chi connectivity index (χ3n) is 3.81. The molecular formula is C20H20N4O2. The van der Waals surface area contributed by atoms with Gasteiger partial charge in [0, 0.05) is 24.0 Å². The molecule has 0 unspecified atom stereocenters. The van der Waals surface area contributed by atoms with E-state index in [1.807, 2.05) is 13.0 Å². The van der Waals surface area contributed by atoms with Gasteiger partial charge in [-0.2, -0.15) is 4.98 Å². The molecule has 3 rings (SSSR count). The van der Waals surface area contributed by atoms with Gasteiger partial charge in [0.15, 0.2) is 0 Å². The van der Waals surface area contributed by atoms with Gasteiger partial charge in [-0.1, -0.05) is 35.9 Å². The van der Waals surface area contributed by atoms with E-state index in [0.29, 0.717) is 24.0 Å². The first-order valence-electron chi connectivity index (χ1n) is 8.25. The number of carboxylic acids is 1. The highest BCUT2D eigenvalue weighted by Crippen LogP contribution is 2.18. The van der Waals surface area contributed by atoms with Crippen LogP contribution >= 0.6 is 0 Å². The number of rotatable bonds is 6. The zero-order valence-corrected chi connectivity index (χ0v) is 14.7. The Morgan fingerprint density at radius 2 is 1.81 bits per heavy atom. The predicted octanol–water partition coefficient (Wildman–Crippen LogP) is 4.15. The first-order valence-corrected chi connectivity index (χ1v) is 8.25. The average Bonchev–Trinajstić information content (AvgIpc) is 2.61. The molecule has 2 aromatic carbocycles. The van der Waals surface area contributed by atoms with Crippen molar-refractivity contribution in [2.24, 2.45) is 0 Å². The Kier molecular flexibility index (Phi) is 5.12. The number of hydrogen-bond acceptors (Lipinski definition) is 5. The van der Waals surface area contributed by atoms with Crippen LogP contribution in [-0.2, 0) is 6.54 Å². The van der Waals surface area contributed by atoms with Gasteiger partial charge < -0.3 is 15.7 Å². The maximum atomic E-state index is 11.1. The van der Waals surface area contributed by atoms with Crippen LogP contribution in [0.3, 0.4) is 0 Å². The summed E-state index contributed by atoms with van der Waals surface area (Å²) in [7, 11) is 0. The quantitative estimate of drug-likeness (QED) is 0.620. The molecule has 0 aliphatic heterocycles. The molecule has 0 fully saturated rings. The fourth-order valence-corrected chi connectivity index (χ4v) is 2.48. The number of benzene rings is 2. The molecular weight excluding hydrogens is 328 g/mol. The second-order valence-corrected chi connectivity index (χ2v) is 6.07. The van der Waals surface area contributed by atoms with Crippen LogP contribution in [0.25, 0.3) is 0 Å². The van der Waals surface area contributed by atoms with Crippen LogP contribution in [0.4, 0.5) is 17.5 Å². The monoisotopic (exact) mass is 348 g/mol. The molecule has 26 heavy (non-hydrogen) atoms. The van der Waals surface area contributed by atoms with E-state index >= 15 is 0 Å². The summed E-state index contributed by atoms with van der Waals surface area (Å²) in [4.78, 5) is 19.9. The summed E-state index contributed by atoms with van der Waals surface area (Å²) in [6.07, 6.45) is 0. The van der Waals surface area contributed by atoms with E-state index < -0.39 is 5.97 Å². The Morgan fingerprint density at radius 3 is 2.54 bits per heavy atom. The fourth-order valence-electron chi connectivity index (χ4n) is 2.48. The molecule has 0 aliphatic rings. The number of carboxylic acid groups (broad SMARTS) is 1. The van der Waals surface area contributed by atoms with E-state index in [1.54, 1.807) is 24.3 Å². The van der Waals surface area contributed by atoms with Crippen molar-refractivity contribution in [3.8, 4) is 0 Å². The minimum atomic E-state index is -0.965. The fraction of sp³-hybridized carbons (Fsp3) is 0.150. The van der Waals surface area contributed by atoms with Crippen molar-refractivity contribution in [3.05, 3.63) is 77.0 Å². The molecule has 0 spiro atoms. The van der Waals surface area contributed by atoms with Crippen LogP contribution < -0.4 is 10.6 Å². The molecule has 0 saturated heterocycles. The van der Waals surface area contributed by atoms with Gasteiger partial charge >= 0.3 is 5.97 Å². The lowest BCUT2D eigenvalue weighted by Gasteiger charge is -2.10. The van der Waals surface area contributed by atoms with Crippen LogP contribution in [0.1, 0.15) is 27.2 Å². The van der Waals surface area contributed by atoms with Gasteiger partial charge in [0.2, 0.25) is 5.95 Å². The Balaban J connectivity index is 1.74. The maximum Gasteiger partial charge on any atom is 0.335 e. The summed E-state index contributed by atoms with van der Waals surface area (Å²) in [5.74, 6) is 0.155. The van der Waals surface area contributed by atoms with Crippen molar-refractivity contribution < 1.29 is 9.90 Å². The number of aryl methyl sites for hydroxylation is 2. The molecule has 0 bridgehead atoms. The van der Waals surface area contributed by atoms with Crippen molar-refractivity contribution in [2.75, 3.05) is 10.6 Å². The van der Waals surface area contributed by atoms with Crippen molar-refractivity contribution in [3.63, 3.8) is 0 Å². The lowest BCUT2D eigenvalue weighted by Crippen LogP contribution is -2.06. The average molecular weight is 348 g/mol. The van der Waals surface area contributed by atoms with Gasteiger partial charge in [-0.15, -0.1) is 0 Å². The highest BCUT2D eigenvalue weighted by Gasteiger charge is 2.06. The van der Waals surface area contributed by atoms with Gasteiger partial charge in [0.1, 0.15) is 5.82 Å². The first kappa shape index (κ1) is 17.4. The second kappa shape index (κ2) is 7.65. The predicted molar refractivity (Wildman–Crippen MR) is 102 cm³/mol. The van der Waals surface area contributed by atoms with E-state index in [0.717, 1.165) is 11.3 Å². The van der Waals surface area contributed by atoms with E-state index in [4.69, 9.17) is 5.11 Å². The summed E-state index contributed by atoms with van der Waals surface area (Å²) >= 11 is 0. The lowest BCUT2D eigenvalue weighted by molar-refractivity contribution is 0.0697. The lowest BCUT2D eigenvalue weighted by atomic mass is 10.1. The molecule has 3 N–H and O–H groups in total. The first-order chi connectivity index (χ1) is 12.5. The number of hydrogen-bond donors (Lipinski definition) is 3. The number of nitrogens with zero attached hydrogens (tertiary/aromatic N) is 2. The number of aromatic nitrogens is 2. The van der Waals surface area contributed by atoms with Crippen LogP contribution in [-0.4, -0.2) is 21.0 Å². The van der Waals surface area contributed by atoms with E-state index in [2.05, 4.69) is 51.8 Å². The number of carbonyl (C=O) groups is 1. The van der Waals surface area contributed by atoms with E-state index in [1.165, 1.54) is 5.56 Å². The molecule has 0 atom stereocenters. The summed E-state index contributed by atoms with van der Waals surface area (Å²) < 4.78 is 0. The van der Waals surface area contributed by atoms with Gasteiger partial charge in [0.25, 0.3) is 0 Å². The highest BCUT2D eigenvalue weighted by molar-refractivity contribution is 5.89. The van der Waals surface area contributed by atoms with Gasteiger partial charge in [0.05, 0.1) is 5.56 Å². The van der Waals surface area contributed by atoms with Crippen LogP contribution in [0.5, 0.6) is 0 Å². The summed E-state index contributed by atoms with van der Waals surface area (Å²) in [5.41, 5.74) is 4.05. The minimum absolute atomic E-state index is 0.221. The molecule has 3 aromatic rings. The second-order valence-electron chi connectivity index (χ2n) is 6.07. The van der Waals surface area contributed by atoms with Crippen molar-refractivity contribution >= 4 is 23.4 Å². The molecule has 1 aromatic heterocycles. The highest BCUT2D eigenvalue weighted by atomic mass is 16.4. The molecule has 132 valence electrons. The van der Waals surface area contributed by atoms with E-state index in [-0.39, 0.29) is 5.56 Å².